The van der Waals surface area contributed by atoms with Gasteiger partial charge in [0.15, 0.2) is 0 Å². The third-order valence-electron chi connectivity index (χ3n) is 3.19. The molecule has 2 atom stereocenters. The zero-order valence-corrected chi connectivity index (χ0v) is 9.13. The summed E-state index contributed by atoms with van der Waals surface area (Å²) < 4.78 is 0. The fourth-order valence-corrected chi connectivity index (χ4v) is 2.30. The van der Waals surface area contributed by atoms with Crippen molar-refractivity contribution in [2.75, 3.05) is 6.54 Å². The average Bonchev–Trinajstić information content (AvgIpc) is 2.26. The Bertz CT molecular complexity index is 189. The van der Waals surface area contributed by atoms with Crippen molar-refractivity contribution in [1.82, 2.24) is 5.32 Å². The highest BCUT2D eigenvalue weighted by atomic mass is 15.0. The van der Waals surface area contributed by atoms with Gasteiger partial charge in [0, 0.05) is 12.6 Å². The Morgan fingerprint density at radius 1 is 1.43 bits per heavy atom. The maximum Gasteiger partial charge on any atom is 0.0660 e. The summed E-state index contributed by atoms with van der Waals surface area (Å²) >= 11 is 0. The molecule has 2 heteroatoms. The minimum Gasteiger partial charge on any atom is -0.329 e. The molecule has 14 heavy (non-hydrogen) atoms. The highest BCUT2D eigenvalue weighted by molar-refractivity contribution is 4.98. The normalized spacial score (nSPS) is 22.6. The van der Waals surface area contributed by atoms with E-state index in [1.54, 1.807) is 0 Å². The van der Waals surface area contributed by atoms with E-state index in [-0.39, 0.29) is 6.04 Å². The largest absolute Gasteiger partial charge is 0.329 e. The van der Waals surface area contributed by atoms with Crippen molar-refractivity contribution in [3.63, 3.8) is 0 Å². The van der Waals surface area contributed by atoms with E-state index in [1.165, 1.54) is 32.1 Å². The van der Waals surface area contributed by atoms with Crippen LogP contribution in [0.4, 0.5) is 0 Å². The third kappa shape index (κ3) is 3.32. The van der Waals surface area contributed by atoms with E-state index in [9.17, 15) is 0 Å². The van der Waals surface area contributed by atoms with Gasteiger partial charge in [-0.25, -0.2) is 0 Å². The molecular weight excluding hydrogens is 172 g/mol. The molecule has 0 bridgehead atoms. The topological polar surface area (TPSA) is 38.0 Å². The van der Waals surface area contributed by atoms with E-state index in [0.717, 1.165) is 5.92 Å². The minimum atomic E-state index is 0.144. The van der Waals surface area contributed by atoms with Gasteiger partial charge in [-0.1, -0.05) is 25.2 Å². The van der Waals surface area contributed by atoms with Crippen LogP contribution in [-0.4, -0.2) is 18.6 Å². The first kappa shape index (κ1) is 11.6. The van der Waals surface area contributed by atoms with Crippen LogP contribution in [0.1, 0.15) is 39.0 Å². The van der Waals surface area contributed by atoms with Gasteiger partial charge in [-0.2, -0.15) is 0 Å². The third-order valence-corrected chi connectivity index (χ3v) is 3.19. The van der Waals surface area contributed by atoms with Crippen molar-refractivity contribution in [3.05, 3.63) is 0 Å². The zero-order chi connectivity index (χ0) is 10.4. The predicted octanol–water partition coefficient (Wildman–Crippen LogP) is 1.51. The Balaban J connectivity index is 2.40. The van der Waals surface area contributed by atoms with Gasteiger partial charge in [0.05, 0.1) is 6.04 Å². The molecule has 1 saturated carbocycles. The summed E-state index contributed by atoms with van der Waals surface area (Å²) in [6, 6.07) is 0.562. The molecule has 0 saturated heterocycles. The second-order valence-corrected chi connectivity index (χ2v) is 4.30. The van der Waals surface area contributed by atoms with E-state index in [4.69, 9.17) is 12.2 Å². The minimum absolute atomic E-state index is 0.144. The number of nitrogens with two attached hydrogens (primary N) is 1. The molecule has 0 aliphatic heterocycles. The summed E-state index contributed by atoms with van der Waals surface area (Å²) in [5.41, 5.74) is 5.78. The molecule has 0 aromatic carbocycles. The van der Waals surface area contributed by atoms with Gasteiger partial charge in [0.25, 0.3) is 0 Å². The van der Waals surface area contributed by atoms with Crippen molar-refractivity contribution in [2.45, 2.75) is 51.1 Å². The van der Waals surface area contributed by atoms with Crippen LogP contribution in [-0.2, 0) is 0 Å². The lowest BCUT2D eigenvalue weighted by atomic mass is 9.83. The van der Waals surface area contributed by atoms with E-state index in [2.05, 4.69) is 11.2 Å². The Kier molecular flexibility index (Phi) is 5.00. The summed E-state index contributed by atoms with van der Waals surface area (Å²) in [5.74, 6) is 3.44. The van der Waals surface area contributed by atoms with Crippen LogP contribution in [0.2, 0.25) is 0 Å². The Morgan fingerprint density at radius 2 is 2.07 bits per heavy atom. The molecule has 80 valence electrons. The highest BCUT2D eigenvalue weighted by Crippen LogP contribution is 2.26. The van der Waals surface area contributed by atoms with Crippen LogP contribution in [0.5, 0.6) is 0 Å². The molecule has 0 radical (unpaired) electrons. The van der Waals surface area contributed by atoms with Crippen molar-refractivity contribution >= 4 is 0 Å². The second kappa shape index (κ2) is 6.06. The molecule has 0 heterocycles. The number of hydrogen-bond acceptors (Lipinski definition) is 2. The van der Waals surface area contributed by atoms with Crippen molar-refractivity contribution in [1.29, 1.82) is 0 Å². The number of terminal acetylenes is 1. The van der Waals surface area contributed by atoms with Crippen LogP contribution in [0, 0.1) is 18.3 Å². The van der Waals surface area contributed by atoms with Crippen LogP contribution in [0.15, 0.2) is 0 Å². The smallest absolute Gasteiger partial charge is 0.0660 e. The van der Waals surface area contributed by atoms with Crippen LogP contribution in [0.25, 0.3) is 0 Å². The Labute approximate surface area is 87.6 Å². The van der Waals surface area contributed by atoms with E-state index >= 15 is 0 Å². The van der Waals surface area contributed by atoms with Crippen molar-refractivity contribution in [3.8, 4) is 12.3 Å². The van der Waals surface area contributed by atoms with Crippen LogP contribution < -0.4 is 11.1 Å². The van der Waals surface area contributed by atoms with E-state index in [1.807, 2.05) is 6.92 Å². The average molecular weight is 194 g/mol. The summed E-state index contributed by atoms with van der Waals surface area (Å²) in [6.07, 6.45) is 12.1. The van der Waals surface area contributed by atoms with Gasteiger partial charge in [0.2, 0.25) is 0 Å². The van der Waals surface area contributed by atoms with Gasteiger partial charge in [0.1, 0.15) is 0 Å². The van der Waals surface area contributed by atoms with Gasteiger partial charge in [-0.3, -0.25) is 5.32 Å². The Morgan fingerprint density at radius 3 is 2.57 bits per heavy atom. The second-order valence-electron chi connectivity index (χ2n) is 4.30. The Hall–Kier alpha value is -0.520. The molecule has 3 N–H and O–H groups in total. The number of rotatable bonds is 4. The van der Waals surface area contributed by atoms with Crippen molar-refractivity contribution < 1.29 is 0 Å². The first-order chi connectivity index (χ1) is 6.77. The molecule has 0 aromatic rings. The summed E-state index contributed by atoms with van der Waals surface area (Å²) in [5, 5.41) is 3.42. The molecule has 1 aliphatic carbocycles. The molecule has 0 spiro atoms. The van der Waals surface area contributed by atoms with Crippen molar-refractivity contribution in [2.24, 2.45) is 11.7 Å². The molecule has 1 fully saturated rings. The quantitative estimate of drug-likeness (QED) is 0.666. The fourth-order valence-electron chi connectivity index (χ4n) is 2.30. The molecule has 1 rings (SSSR count). The molecule has 2 unspecified atom stereocenters. The molecule has 0 amide bonds. The predicted molar refractivity (Wildman–Crippen MR) is 60.8 cm³/mol. The molecule has 0 aromatic heterocycles. The standard InChI is InChI=1S/C12H22N2/c1-3-10(2)14-12(9-13)11-7-5-4-6-8-11/h1,10-12,14H,4-9,13H2,2H3. The lowest BCUT2D eigenvalue weighted by molar-refractivity contribution is 0.267. The van der Waals surface area contributed by atoms with Gasteiger partial charge < -0.3 is 5.73 Å². The summed E-state index contributed by atoms with van der Waals surface area (Å²) in [6.45, 7) is 2.72. The van der Waals surface area contributed by atoms with Crippen LogP contribution in [0.3, 0.4) is 0 Å². The summed E-state index contributed by atoms with van der Waals surface area (Å²) in [7, 11) is 0. The number of nitrogens with one attached hydrogen (secondary N) is 1. The van der Waals surface area contributed by atoms with E-state index < -0.39 is 0 Å². The summed E-state index contributed by atoms with van der Waals surface area (Å²) in [4.78, 5) is 0. The fraction of sp³-hybridized carbons (Fsp3) is 0.833. The van der Waals surface area contributed by atoms with Gasteiger partial charge >= 0.3 is 0 Å². The molecule has 2 nitrogen and oxygen atoms in total. The molecular formula is C12H22N2. The van der Waals surface area contributed by atoms with Crippen LogP contribution >= 0.6 is 0 Å². The lowest BCUT2D eigenvalue weighted by Gasteiger charge is -2.31. The van der Waals surface area contributed by atoms with E-state index in [0.29, 0.717) is 12.6 Å². The lowest BCUT2D eigenvalue weighted by Crippen LogP contribution is -2.46. The first-order valence-electron chi connectivity index (χ1n) is 5.70. The maximum atomic E-state index is 5.78. The highest BCUT2D eigenvalue weighted by Gasteiger charge is 2.22. The van der Waals surface area contributed by atoms with Gasteiger partial charge in [-0.15, -0.1) is 6.42 Å². The SMILES string of the molecule is C#CC(C)NC(CN)C1CCCCC1. The number of hydrogen-bond donors (Lipinski definition) is 2. The van der Waals surface area contributed by atoms with Gasteiger partial charge in [-0.05, 0) is 25.7 Å². The monoisotopic (exact) mass is 194 g/mol. The maximum absolute atomic E-state index is 5.78. The zero-order valence-electron chi connectivity index (χ0n) is 9.13. The first-order valence-corrected chi connectivity index (χ1v) is 5.70. The molecule has 1 aliphatic rings.